The highest BCUT2D eigenvalue weighted by molar-refractivity contribution is 5.80. The van der Waals surface area contributed by atoms with Crippen LogP contribution in [0.4, 0.5) is 4.39 Å². The number of rotatable bonds is 9. The first kappa shape index (κ1) is 18.6. The Kier molecular flexibility index (Phi) is 7.10. The molecule has 1 atom stereocenters. The van der Waals surface area contributed by atoms with Crippen LogP contribution in [0.3, 0.4) is 0 Å². The van der Waals surface area contributed by atoms with E-state index in [1.807, 2.05) is 30.3 Å². The van der Waals surface area contributed by atoms with Crippen LogP contribution in [0.25, 0.3) is 0 Å². The fourth-order valence-corrected chi connectivity index (χ4v) is 2.31. The fourth-order valence-electron chi connectivity index (χ4n) is 2.31. The lowest BCUT2D eigenvalue weighted by molar-refractivity contribution is -0.138. The van der Waals surface area contributed by atoms with E-state index in [0.29, 0.717) is 18.6 Å². The van der Waals surface area contributed by atoms with E-state index >= 15 is 0 Å². The number of hydrogen-bond donors (Lipinski definition) is 2. The highest BCUT2D eigenvalue weighted by atomic mass is 19.1. The van der Waals surface area contributed by atoms with Gasteiger partial charge in [-0.2, -0.15) is 0 Å². The topological polar surface area (TPSA) is 75.6 Å². The number of nitrogens with one attached hydrogen (secondary N) is 1. The summed E-state index contributed by atoms with van der Waals surface area (Å²) in [4.78, 5) is 23.1. The zero-order chi connectivity index (χ0) is 18.1. The Morgan fingerprint density at radius 3 is 2.40 bits per heavy atom. The lowest BCUT2D eigenvalue weighted by Crippen LogP contribution is -2.34. The number of hydrogen-bond acceptors (Lipinski definition) is 3. The molecule has 0 heterocycles. The zero-order valence-corrected chi connectivity index (χ0v) is 13.7. The van der Waals surface area contributed by atoms with Gasteiger partial charge in [0, 0.05) is 6.54 Å². The van der Waals surface area contributed by atoms with E-state index in [9.17, 15) is 19.1 Å². The van der Waals surface area contributed by atoms with Crippen LogP contribution >= 0.6 is 0 Å². The molecule has 2 N–H and O–H groups in total. The lowest BCUT2D eigenvalue weighted by atomic mass is 9.99. The number of carboxylic acids is 1. The molecule has 2 rings (SSSR count). The molecule has 6 heteroatoms. The summed E-state index contributed by atoms with van der Waals surface area (Å²) in [6.45, 7) is 0.183. The van der Waals surface area contributed by atoms with Crippen LogP contribution < -0.4 is 5.32 Å². The number of halogens is 1. The molecule has 0 radical (unpaired) electrons. The van der Waals surface area contributed by atoms with E-state index in [4.69, 9.17) is 4.74 Å². The third kappa shape index (κ3) is 6.35. The summed E-state index contributed by atoms with van der Waals surface area (Å²) in [7, 11) is 0. The minimum Gasteiger partial charge on any atom is -0.481 e. The quantitative estimate of drug-likeness (QED) is 0.684. The summed E-state index contributed by atoms with van der Waals surface area (Å²) < 4.78 is 18.2. The summed E-state index contributed by atoms with van der Waals surface area (Å²) in [5.74, 6) is -2.85. The first-order valence-electron chi connectivity index (χ1n) is 7.93. The van der Waals surface area contributed by atoms with Gasteiger partial charge in [0.15, 0.2) is 0 Å². The van der Waals surface area contributed by atoms with Crippen LogP contribution in [-0.4, -0.2) is 36.7 Å². The van der Waals surface area contributed by atoms with Crippen LogP contribution in [0.15, 0.2) is 54.6 Å². The van der Waals surface area contributed by atoms with Gasteiger partial charge in [-0.1, -0.05) is 42.5 Å². The van der Waals surface area contributed by atoms with Crippen molar-refractivity contribution in [3.63, 3.8) is 0 Å². The smallest absolute Gasteiger partial charge is 0.312 e. The maximum atomic E-state index is 12.9. The van der Waals surface area contributed by atoms with Gasteiger partial charge >= 0.3 is 5.97 Å². The molecule has 0 saturated heterocycles. The highest BCUT2D eigenvalue weighted by Gasteiger charge is 2.20. The number of carbonyl (C=O) groups excluding carboxylic acids is 1. The van der Waals surface area contributed by atoms with Gasteiger partial charge in [-0.15, -0.1) is 0 Å². The molecule has 5 nitrogen and oxygen atoms in total. The van der Waals surface area contributed by atoms with E-state index in [1.165, 1.54) is 24.3 Å². The zero-order valence-electron chi connectivity index (χ0n) is 13.7. The van der Waals surface area contributed by atoms with Crippen LogP contribution in [0, 0.1) is 5.82 Å². The first-order valence-corrected chi connectivity index (χ1v) is 7.93. The Morgan fingerprint density at radius 2 is 1.76 bits per heavy atom. The minimum absolute atomic E-state index is 0.0815. The molecule has 132 valence electrons. The Bertz CT molecular complexity index is 688. The molecule has 0 aliphatic rings. The van der Waals surface area contributed by atoms with Gasteiger partial charge in [-0.25, -0.2) is 4.39 Å². The molecular weight excluding hydrogens is 325 g/mol. The molecule has 1 amide bonds. The third-order valence-electron chi connectivity index (χ3n) is 3.68. The molecule has 1 unspecified atom stereocenters. The van der Waals surface area contributed by atoms with Crippen molar-refractivity contribution in [2.24, 2.45) is 0 Å². The Balaban J connectivity index is 1.73. The predicted molar refractivity (Wildman–Crippen MR) is 90.8 cm³/mol. The maximum absolute atomic E-state index is 12.9. The van der Waals surface area contributed by atoms with E-state index in [2.05, 4.69) is 5.32 Å². The van der Waals surface area contributed by atoms with Gasteiger partial charge in [-0.3, -0.25) is 9.59 Å². The monoisotopic (exact) mass is 345 g/mol. The second kappa shape index (κ2) is 9.54. The van der Waals surface area contributed by atoms with Crippen molar-refractivity contribution in [3.8, 4) is 0 Å². The molecule has 0 aliphatic heterocycles. The van der Waals surface area contributed by atoms with E-state index in [0.717, 1.165) is 5.56 Å². The van der Waals surface area contributed by atoms with E-state index in [-0.39, 0.29) is 19.1 Å². The Hall–Kier alpha value is -2.73. The first-order chi connectivity index (χ1) is 12.1. The van der Waals surface area contributed by atoms with Gasteiger partial charge in [0.2, 0.25) is 5.91 Å². The minimum atomic E-state index is -1.09. The summed E-state index contributed by atoms with van der Waals surface area (Å²) in [5, 5.41) is 11.8. The van der Waals surface area contributed by atoms with Gasteiger partial charge in [-0.05, 0) is 29.7 Å². The Morgan fingerprint density at radius 1 is 1.08 bits per heavy atom. The third-order valence-corrected chi connectivity index (χ3v) is 3.68. The molecule has 0 aromatic heterocycles. The molecule has 0 aliphatic carbocycles. The lowest BCUT2D eigenvalue weighted by Gasteiger charge is -2.14. The van der Waals surface area contributed by atoms with Crippen LogP contribution in [0.2, 0.25) is 0 Å². The number of benzene rings is 2. The summed E-state index contributed by atoms with van der Waals surface area (Å²) in [6.07, 6.45) is 0.696. The number of amides is 1. The van der Waals surface area contributed by atoms with Crippen molar-refractivity contribution in [2.45, 2.75) is 12.3 Å². The van der Waals surface area contributed by atoms with Gasteiger partial charge in [0.05, 0.1) is 12.5 Å². The van der Waals surface area contributed by atoms with Crippen molar-refractivity contribution in [1.82, 2.24) is 5.32 Å². The maximum Gasteiger partial charge on any atom is 0.312 e. The standard InChI is InChI=1S/C19H20FNO4/c20-16-8-6-15(7-9-16)17(19(23)24)12-21-18(22)13-25-11-10-14-4-2-1-3-5-14/h1-9,17H,10-13H2,(H,21,22)(H,23,24). The number of aliphatic carboxylic acids is 1. The van der Waals surface area contributed by atoms with E-state index in [1.54, 1.807) is 0 Å². The molecule has 25 heavy (non-hydrogen) atoms. The molecule has 0 saturated carbocycles. The van der Waals surface area contributed by atoms with Crippen molar-refractivity contribution >= 4 is 11.9 Å². The largest absolute Gasteiger partial charge is 0.481 e. The van der Waals surface area contributed by atoms with Gasteiger partial charge < -0.3 is 15.2 Å². The van der Waals surface area contributed by atoms with Crippen molar-refractivity contribution in [2.75, 3.05) is 19.8 Å². The summed E-state index contributed by atoms with van der Waals surface area (Å²) >= 11 is 0. The highest BCUT2D eigenvalue weighted by Crippen LogP contribution is 2.16. The SMILES string of the molecule is O=C(COCCc1ccccc1)NCC(C(=O)O)c1ccc(F)cc1. The van der Waals surface area contributed by atoms with Crippen LogP contribution in [0.5, 0.6) is 0 Å². The van der Waals surface area contributed by atoms with Crippen molar-refractivity contribution in [3.05, 3.63) is 71.5 Å². The molecule has 0 spiro atoms. The summed E-state index contributed by atoms with van der Waals surface area (Å²) in [6, 6.07) is 14.9. The summed E-state index contributed by atoms with van der Waals surface area (Å²) in [5.41, 5.74) is 1.55. The fraction of sp³-hybridized carbons (Fsp3) is 0.263. The average molecular weight is 345 g/mol. The Labute approximate surface area is 145 Å². The number of carboxylic acid groups (broad SMARTS) is 1. The second-order valence-corrected chi connectivity index (χ2v) is 5.53. The average Bonchev–Trinajstić information content (AvgIpc) is 2.61. The molecule has 2 aromatic carbocycles. The van der Waals surface area contributed by atoms with Gasteiger partial charge in [0.1, 0.15) is 12.4 Å². The molecular formula is C19H20FNO4. The van der Waals surface area contributed by atoms with Crippen LogP contribution in [-0.2, 0) is 20.7 Å². The number of carbonyl (C=O) groups is 2. The van der Waals surface area contributed by atoms with E-state index < -0.39 is 17.7 Å². The van der Waals surface area contributed by atoms with Crippen LogP contribution in [0.1, 0.15) is 17.0 Å². The second-order valence-electron chi connectivity index (χ2n) is 5.53. The van der Waals surface area contributed by atoms with Crippen molar-refractivity contribution in [1.29, 1.82) is 0 Å². The number of ether oxygens (including phenoxy) is 1. The van der Waals surface area contributed by atoms with Crippen molar-refractivity contribution < 1.29 is 23.8 Å². The molecule has 0 fully saturated rings. The molecule has 2 aromatic rings. The van der Waals surface area contributed by atoms with Gasteiger partial charge in [0.25, 0.3) is 0 Å². The normalized spacial score (nSPS) is 11.7. The predicted octanol–water partition coefficient (Wildman–Crippen LogP) is 2.37. The molecule has 0 bridgehead atoms.